The van der Waals surface area contributed by atoms with Gasteiger partial charge in [0.15, 0.2) is 0 Å². The molecule has 7 nitrogen and oxygen atoms in total. The third-order valence-electron chi connectivity index (χ3n) is 3.72. The third-order valence-corrected chi connectivity index (χ3v) is 4.79. The molecule has 10 heteroatoms. The highest BCUT2D eigenvalue weighted by molar-refractivity contribution is 6.43. The van der Waals surface area contributed by atoms with E-state index >= 15 is 0 Å². The summed E-state index contributed by atoms with van der Waals surface area (Å²) in [6.07, 6.45) is 1.23. The SMILES string of the molecule is COc1cc(C(=O)O)c(Cl)c(NC(=O)c2cccc3c(Cl)ncnc23)c1Cl. The van der Waals surface area contributed by atoms with Crippen molar-refractivity contribution in [3.05, 3.63) is 56.9 Å². The summed E-state index contributed by atoms with van der Waals surface area (Å²) in [5, 5.41) is 12.2. The van der Waals surface area contributed by atoms with Crippen LogP contribution in [-0.4, -0.2) is 34.1 Å². The van der Waals surface area contributed by atoms with Gasteiger partial charge in [-0.2, -0.15) is 0 Å². The van der Waals surface area contributed by atoms with E-state index in [9.17, 15) is 14.7 Å². The smallest absolute Gasteiger partial charge is 0.337 e. The Hall–Kier alpha value is -2.61. The molecule has 27 heavy (non-hydrogen) atoms. The molecule has 3 aromatic rings. The van der Waals surface area contributed by atoms with Crippen LogP contribution >= 0.6 is 34.8 Å². The number of aromatic carboxylic acids is 1. The van der Waals surface area contributed by atoms with Crippen LogP contribution in [0, 0.1) is 0 Å². The number of hydrogen-bond donors (Lipinski definition) is 2. The molecule has 0 spiro atoms. The molecule has 0 fully saturated rings. The van der Waals surface area contributed by atoms with Crippen LogP contribution in [0.15, 0.2) is 30.6 Å². The summed E-state index contributed by atoms with van der Waals surface area (Å²) in [5.74, 6) is -1.85. The van der Waals surface area contributed by atoms with Gasteiger partial charge < -0.3 is 15.2 Å². The first-order valence-electron chi connectivity index (χ1n) is 7.35. The third kappa shape index (κ3) is 3.49. The monoisotopic (exact) mass is 425 g/mol. The van der Waals surface area contributed by atoms with Crippen molar-refractivity contribution < 1.29 is 19.4 Å². The molecule has 0 aliphatic rings. The Morgan fingerprint density at radius 1 is 1.11 bits per heavy atom. The fourth-order valence-electron chi connectivity index (χ4n) is 2.45. The predicted octanol–water partition coefficient (Wildman–Crippen LogP) is 4.55. The van der Waals surface area contributed by atoms with Gasteiger partial charge in [-0.05, 0) is 18.2 Å². The van der Waals surface area contributed by atoms with E-state index in [0.29, 0.717) is 10.9 Å². The molecule has 2 N–H and O–H groups in total. The zero-order chi connectivity index (χ0) is 19.7. The van der Waals surface area contributed by atoms with Gasteiger partial charge in [0.1, 0.15) is 22.3 Å². The molecule has 0 aliphatic carbocycles. The van der Waals surface area contributed by atoms with Gasteiger partial charge in [0.25, 0.3) is 5.91 Å². The number of benzene rings is 2. The van der Waals surface area contributed by atoms with Crippen LogP contribution in [0.3, 0.4) is 0 Å². The van der Waals surface area contributed by atoms with Crippen molar-refractivity contribution in [2.45, 2.75) is 0 Å². The van der Waals surface area contributed by atoms with Gasteiger partial charge in [0, 0.05) is 5.39 Å². The quantitative estimate of drug-likeness (QED) is 0.594. The van der Waals surface area contributed by atoms with Gasteiger partial charge >= 0.3 is 5.97 Å². The summed E-state index contributed by atoms with van der Waals surface area (Å²) in [5.41, 5.74) is 0.154. The number of carbonyl (C=O) groups excluding carboxylic acids is 1. The lowest BCUT2D eigenvalue weighted by Crippen LogP contribution is -2.15. The first-order valence-corrected chi connectivity index (χ1v) is 8.48. The molecule has 0 radical (unpaired) electrons. The molecular formula is C17H10Cl3N3O4. The largest absolute Gasteiger partial charge is 0.495 e. The van der Waals surface area contributed by atoms with E-state index in [2.05, 4.69) is 15.3 Å². The van der Waals surface area contributed by atoms with Crippen molar-refractivity contribution in [2.75, 3.05) is 12.4 Å². The van der Waals surface area contributed by atoms with Crippen LogP contribution in [0.1, 0.15) is 20.7 Å². The van der Waals surface area contributed by atoms with Crippen molar-refractivity contribution in [3.63, 3.8) is 0 Å². The van der Waals surface area contributed by atoms with Crippen LogP contribution in [0.4, 0.5) is 5.69 Å². The number of ether oxygens (including phenoxy) is 1. The first kappa shape index (κ1) is 19.2. The maximum absolute atomic E-state index is 12.8. The second kappa shape index (κ2) is 7.56. The summed E-state index contributed by atoms with van der Waals surface area (Å²) in [7, 11) is 1.32. The van der Waals surface area contributed by atoms with Gasteiger partial charge in [-0.1, -0.05) is 40.9 Å². The second-order valence-corrected chi connectivity index (χ2v) is 6.37. The maximum atomic E-state index is 12.8. The molecule has 2 aromatic carbocycles. The summed E-state index contributed by atoms with van der Waals surface area (Å²) >= 11 is 18.4. The molecule has 1 aromatic heterocycles. The van der Waals surface area contributed by atoms with Crippen molar-refractivity contribution in [1.29, 1.82) is 0 Å². The van der Waals surface area contributed by atoms with Crippen LogP contribution in [0.5, 0.6) is 5.75 Å². The Morgan fingerprint density at radius 2 is 1.85 bits per heavy atom. The predicted molar refractivity (Wildman–Crippen MR) is 102 cm³/mol. The normalized spacial score (nSPS) is 10.7. The van der Waals surface area contributed by atoms with Crippen molar-refractivity contribution in [2.24, 2.45) is 0 Å². The summed E-state index contributed by atoms with van der Waals surface area (Å²) in [6, 6.07) is 5.99. The zero-order valence-corrected chi connectivity index (χ0v) is 15.9. The minimum atomic E-state index is -1.30. The lowest BCUT2D eigenvalue weighted by atomic mass is 10.1. The number of nitrogens with zero attached hydrogens (tertiary/aromatic N) is 2. The van der Waals surface area contributed by atoms with Crippen molar-refractivity contribution >= 4 is 63.3 Å². The van der Waals surface area contributed by atoms with Crippen LogP contribution in [-0.2, 0) is 0 Å². The van der Waals surface area contributed by atoms with Crippen LogP contribution < -0.4 is 10.1 Å². The topological polar surface area (TPSA) is 101 Å². The van der Waals surface area contributed by atoms with E-state index in [1.807, 2.05) is 0 Å². The lowest BCUT2D eigenvalue weighted by molar-refractivity contribution is 0.0696. The number of halogens is 3. The van der Waals surface area contributed by atoms with Gasteiger partial charge in [0.2, 0.25) is 0 Å². The van der Waals surface area contributed by atoms with Crippen molar-refractivity contribution in [3.8, 4) is 5.75 Å². The number of hydrogen-bond acceptors (Lipinski definition) is 5. The van der Waals surface area contributed by atoms with Gasteiger partial charge in [-0.3, -0.25) is 4.79 Å². The number of para-hydroxylation sites is 1. The highest BCUT2D eigenvalue weighted by Crippen LogP contribution is 2.41. The Bertz CT molecular complexity index is 1090. The average Bonchev–Trinajstić information content (AvgIpc) is 2.65. The molecule has 0 unspecified atom stereocenters. The number of carboxylic acids is 1. The van der Waals surface area contributed by atoms with E-state index in [0.717, 1.165) is 0 Å². The number of rotatable bonds is 4. The second-order valence-electron chi connectivity index (χ2n) is 5.25. The summed E-state index contributed by atoms with van der Waals surface area (Å²) in [4.78, 5) is 32.2. The molecule has 0 saturated carbocycles. The minimum Gasteiger partial charge on any atom is -0.495 e. The Labute approximate surface area is 167 Å². The van der Waals surface area contributed by atoms with Crippen molar-refractivity contribution in [1.82, 2.24) is 9.97 Å². The fourth-order valence-corrected chi connectivity index (χ4v) is 3.24. The van der Waals surface area contributed by atoms with Gasteiger partial charge in [-0.15, -0.1) is 0 Å². The Balaban J connectivity index is 2.11. The summed E-state index contributed by atoms with van der Waals surface area (Å²) < 4.78 is 5.06. The molecule has 0 aliphatic heterocycles. The van der Waals surface area contributed by atoms with E-state index in [4.69, 9.17) is 39.5 Å². The van der Waals surface area contributed by atoms with Crippen LogP contribution in [0.25, 0.3) is 10.9 Å². The molecule has 0 atom stereocenters. The van der Waals surface area contributed by atoms with E-state index in [-0.39, 0.29) is 37.8 Å². The highest BCUT2D eigenvalue weighted by atomic mass is 35.5. The molecular weight excluding hydrogens is 417 g/mol. The number of methoxy groups -OCH3 is 1. The number of anilines is 1. The number of fused-ring (bicyclic) bond motifs is 1. The fraction of sp³-hybridized carbons (Fsp3) is 0.0588. The van der Waals surface area contributed by atoms with E-state index in [1.165, 1.54) is 25.6 Å². The molecule has 0 saturated heterocycles. The molecule has 1 heterocycles. The van der Waals surface area contributed by atoms with Gasteiger partial charge in [0.05, 0.1) is 34.5 Å². The van der Waals surface area contributed by atoms with E-state index < -0.39 is 11.9 Å². The Morgan fingerprint density at radius 3 is 2.52 bits per heavy atom. The Kier molecular flexibility index (Phi) is 5.36. The zero-order valence-electron chi connectivity index (χ0n) is 13.6. The number of aromatic nitrogens is 2. The number of carbonyl (C=O) groups is 2. The van der Waals surface area contributed by atoms with Crippen LogP contribution in [0.2, 0.25) is 15.2 Å². The first-order chi connectivity index (χ1) is 12.8. The highest BCUT2D eigenvalue weighted by Gasteiger charge is 2.23. The molecule has 3 rings (SSSR count). The average molecular weight is 427 g/mol. The maximum Gasteiger partial charge on any atom is 0.337 e. The van der Waals surface area contributed by atoms with E-state index in [1.54, 1.807) is 12.1 Å². The number of nitrogens with one attached hydrogen (secondary N) is 1. The summed E-state index contributed by atoms with van der Waals surface area (Å²) in [6.45, 7) is 0. The number of amides is 1. The minimum absolute atomic E-state index is 0.0336. The van der Waals surface area contributed by atoms with Gasteiger partial charge in [-0.25, -0.2) is 14.8 Å². The molecule has 138 valence electrons. The standard InChI is InChI=1S/C17H10Cl3N3O4/c1-27-10-5-9(17(25)26)11(18)14(12(10)19)23-16(24)8-4-2-3-7-13(8)21-6-22-15(7)20/h2-6H,1H3,(H,23,24)(H,25,26). The molecule has 1 amide bonds. The molecule has 0 bridgehead atoms. The number of carboxylic acid groups (broad SMARTS) is 1. The lowest BCUT2D eigenvalue weighted by Gasteiger charge is -2.15.